The van der Waals surface area contributed by atoms with E-state index in [0.29, 0.717) is 5.75 Å². The Morgan fingerprint density at radius 3 is 2.00 bits per heavy atom. The molecule has 0 heterocycles. The number of amides is 1. The van der Waals surface area contributed by atoms with Crippen molar-refractivity contribution < 1.29 is 4.79 Å². The van der Waals surface area contributed by atoms with Gasteiger partial charge in [-0.05, 0) is 0 Å². The Morgan fingerprint density at radius 2 is 2.00 bits per heavy atom. The van der Waals surface area contributed by atoms with Crippen LogP contribution in [0.4, 0.5) is 0 Å². The number of carbonyl (C=O) groups is 1. The van der Waals surface area contributed by atoms with E-state index in [9.17, 15) is 4.79 Å². The van der Waals surface area contributed by atoms with E-state index in [4.69, 9.17) is 5.73 Å². The molecule has 0 aliphatic carbocycles. The van der Waals surface area contributed by atoms with Crippen LogP contribution in [0.15, 0.2) is 0 Å². The minimum absolute atomic E-state index is 0.0941. The number of carbonyl (C=O) groups excluding carboxylic acids is 1. The van der Waals surface area contributed by atoms with Gasteiger partial charge in [0.05, 0.1) is 0 Å². The van der Waals surface area contributed by atoms with Crippen LogP contribution in [0, 0.1) is 5.92 Å². The Bertz CT molecular complexity index is 75.5. The van der Waals surface area contributed by atoms with Crippen molar-refractivity contribution in [3.63, 3.8) is 0 Å². The topological polar surface area (TPSA) is 43.1 Å². The molecular weight excluding hydrogens is 134 g/mol. The van der Waals surface area contributed by atoms with Gasteiger partial charge in [-0.25, -0.2) is 0 Å². The van der Waals surface area contributed by atoms with Gasteiger partial charge in [-0.2, -0.15) is 12.6 Å². The zero-order chi connectivity index (χ0) is 7.86. The first-order valence-electron chi connectivity index (χ1n) is 3.08. The fourth-order valence-corrected chi connectivity index (χ4v) is 0.270. The molecule has 0 aliphatic rings. The normalized spacial score (nSPS) is 11.1. The fraction of sp³-hybridized carbons (Fsp3) is 0.833. The van der Waals surface area contributed by atoms with Crippen molar-refractivity contribution in [3.05, 3.63) is 0 Å². The number of hydrogen-bond donors (Lipinski definition) is 2. The second-order valence-electron chi connectivity index (χ2n) is 1.49. The van der Waals surface area contributed by atoms with E-state index in [0.717, 1.165) is 0 Å². The molecule has 1 atom stereocenters. The molecule has 1 unspecified atom stereocenters. The molecule has 56 valence electrons. The fourth-order valence-electron chi connectivity index (χ4n) is 0.0900. The van der Waals surface area contributed by atoms with Crippen LogP contribution in [-0.4, -0.2) is 11.7 Å². The van der Waals surface area contributed by atoms with E-state index in [1.54, 1.807) is 6.92 Å². The summed E-state index contributed by atoms with van der Waals surface area (Å²) < 4.78 is 0. The lowest BCUT2D eigenvalue weighted by Gasteiger charge is -1.97. The van der Waals surface area contributed by atoms with Crippen LogP contribution < -0.4 is 5.73 Å². The highest BCUT2D eigenvalue weighted by molar-refractivity contribution is 7.80. The van der Waals surface area contributed by atoms with Crippen molar-refractivity contribution in [1.29, 1.82) is 0 Å². The molecule has 0 radical (unpaired) electrons. The quantitative estimate of drug-likeness (QED) is 0.566. The first-order valence-corrected chi connectivity index (χ1v) is 3.72. The summed E-state index contributed by atoms with van der Waals surface area (Å²) in [5.41, 5.74) is 4.86. The molecule has 0 saturated carbocycles. The van der Waals surface area contributed by atoms with Crippen molar-refractivity contribution in [2.45, 2.75) is 20.8 Å². The molecule has 0 aromatic heterocycles. The Labute approximate surface area is 62.2 Å². The molecule has 0 fully saturated rings. The highest BCUT2D eigenvalue weighted by Gasteiger charge is 2.02. The Morgan fingerprint density at radius 1 is 1.67 bits per heavy atom. The van der Waals surface area contributed by atoms with Gasteiger partial charge in [-0.15, -0.1) is 0 Å². The minimum Gasteiger partial charge on any atom is -0.369 e. The molecule has 0 saturated heterocycles. The van der Waals surface area contributed by atoms with Gasteiger partial charge < -0.3 is 5.73 Å². The molecule has 2 nitrogen and oxygen atoms in total. The SMILES string of the molecule is CC.CC(CS)C(N)=O. The summed E-state index contributed by atoms with van der Waals surface area (Å²) in [6.45, 7) is 5.75. The second-order valence-corrected chi connectivity index (χ2v) is 1.85. The number of thiol groups is 1. The molecule has 1 amide bonds. The first-order chi connectivity index (χ1) is 4.18. The van der Waals surface area contributed by atoms with Gasteiger partial charge in [0, 0.05) is 11.7 Å². The molecule has 9 heavy (non-hydrogen) atoms. The molecule has 0 aliphatic heterocycles. The number of primary amides is 1. The third kappa shape index (κ3) is 7.82. The van der Waals surface area contributed by atoms with E-state index < -0.39 is 0 Å². The Kier molecular flexibility index (Phi) is 10.1. The maximum atomic E-state index is 10.1. The molecule has 0 aromatic rings. The van der Waals surface area contributed by atoms with Gasteiger partial charge in [0.1, 0.15) is 0 Å². The van der Waals surface area contributed by atoms with Crippen molar-refractivity contribution in [2.75, 3.05) is 5.75 Å². The lowest BCUT2D eigenvalue weighted by Crippen LogP contribution is -2.21. The molecular formula is C6H15NOS. The predicted octanol–water partition coefficient (Wildman–Crippen LogP) is 1.06. The average Bonchev–Trinajstić information content (AvgIpc) is 1.91. The number of nitrogens with two attached hydrogens (primary N) is 1. The minimum atomic E-state index is -0.282. The molecule has 0 aromatic carbocycles. The third-order valence-corrected chi connectivity index (χ3v) is 1.31. The summed E-state index contributed by atoms with van der Waals surface area (Å²) >= 11 is 3.85. The number of rotatable bonds is 2. The highest BCUT2D eigenvalue weighted by atomic mass is 32.1. The van der Waals surface area contributed by atoms with Crippen LogP contribution in [0.25, 0.3) is 0 Å². The van der Waals surface area contributed by atoms with Crippen LogP contribution in [0.1, 0.15) is 20.8 Å². The molecule has 0 rings (SSSR count). The van der Waals surface area contributed by atoms with Crippen LogP contribution in [-0.2, 0) is 4.79 Å². The van der Waals surface area contributed by atoms with Crippen LogP contribution in [0.5, 0.6) is 0 Å². The molecule has 2 N–H and O–H groups in total. The van der Waals surface area contributed by atoms with Gasteiger partial charge in [0.15, 0.2) is 0 Å². The van der Waals surface area contributed by atoms with E-state index >= 15 is 0 Å². The van der Waals surface area contributed by atoms with E-state index in [1.807, 2.05) is 13.8 Å². The van der Waals surface area contributed by atoms with Crippen molar-refractivity contribution >= 4 is 18.5 Å². The Hall–Kier alpha value is -0.180. The number of hydrogen-bond acceptors (Lipinski definition) is 2. The zero-order valence-electron chi connectivity index (χ0n) is 6.22. The van der Waals surface area contributed by atoms with Crippen LogP contribution in [0.3, 0.4) is 0 Å². The predicted molar refractivity (Wildman–Crippen MR) is 43.6 cm³/mol. The summed E-state index contributed by atoms with van der Waals surface area (Å²) in [6, 6.07) is 0. The average molecular weight is 149 g/mol. The van der Waals surface area contributed by atoms with E-state index in [1.165, 1.54) is 0 Å². The van der Waals surface area contributed by atoms with Gasteiger partial charge >= 0.3 is 0 Å². The van der Waals surface area contributed by atoms with Gasteiger partial charge in [0.2, 0.25) is 5.91 Å². The molecule has 0 bridgehead atoms. The Balaban J connectivity index is 0. The third-order valence-electron chi connectivity index (χ3n) is 0.760. The maximum absolute atomic E-state index is 10.1. The summed E-state index contributed by atoms with van der Waals surface area (Å²) in [6.07, 6.45) is 0. The maximum Gasteiger partial charge on any atom is 0.221 e. The van der Waals surface area contributed by atoms with Crippen LogP contribution >= 0.6 is 12.6 Å². The van der Waals surface area contributed by atoms with Crippen LogP contribution in [0.2, 0.25) is 0 Å². The largest absolute Gasteiger partial charge is 0.369 e. The second kappa shape index (κ2) is 7.82. The van der Waals surface area contributed by atoms with Gasteiger partial charge in [-0.1, -0.05) is 20.8 Å². The first kappa shape index (κ1) is 11.6. The van der Waals surface area contributed by atoms with Gasteiger partial charge in [-0.3, -0.25) is 4.79 Å². The molecule has 3 heteroatoms. The monoisotopic (exact) mass is 149 g/mol. The van der Waals surface area contributed by atoms with E-state index in [2.05, 4.69) is 12.6 Å². The summed E-state index contributed by atoms with van der Waals surface area (Å²) in [4.78, 5) is 10.1. The summed E-state index contributed by atoms with van der Waals surface area (Å²) in [5.74, 6) is 0.160. The highest BCUT2D eigenvalue weighted by Crippen LogP contribution is 1.93. The summed E-state index contributed by atoms with van der Waals surface area (Å²) in [5, 5.41) is 0. The smallest absolute Gasteiger partial charge is 0.221 e. The zero-order valence-corrected chi connectivity index (χ0v) is 7.11. The summed E-state index contributed by atoms with van der Waals surface area (Å²) in [7, 11) is 0. The molecule has 0 spiro atoms. The lowest BCUT2D eigenvalue weighted by molar-refractivity contribution is -0.120. The van der Waals surface area contributed by atoms with Crippen molar-refractivity contribution in [2.24, 2.45) is 11.7 Å². The van der Waals surface area contributed by atoms with Gasteiger partial charge in [0.25, 0.3) is 0 Å². The lowest BCUT2D eigenvalue weighted by atomic mass is 10.2. The van der Waals surface area contributed by atoms with Crippen molar-refractivity contribution in [3.8, 4) is 0 Å². The van der Waals surface area contributed by atoms with Crippen molar-refractivity contribution in [1.82, 2.24) is 0 Å². The standard InChI is InChI=1S/C4H9NOS.C2H6/c1-3(2-7)4(5)6;1-2/h3,7H,2H2,1H3,(H2,5,6);1-2H3. The van der Waals surface area contributed by atoms with E-state index in [-0.39, 0.29) is 11.8 Å².